The maximum Gasteiger partial charge on any atom is 0.266 e. The standard InChI is InChI=1S/C17H14N2O2S/c1-21-15-8-7-13(11-18-15)19-17(20)16-14(9-10-22-16)12-5-3-2-4-6-12/h2-11H,1H3,(H,19,20). The Labute approximate surface area is 132 Å². The molecule has 0 saturated carbocycles. The third-order valence-electron chi connectivity index (χ3n) is 3.16. The number of amides is 1. The van der Waals surface area contributed by atoms with E-state index in [1.807, 2.05) is 41.8 Å². The summed E-state index contributed by atoms with van der Waals surface area (Å²) in [6, 6.07) is 15.3. The molecule has 0 bridgehead atoms. The average molecular weight is 310 g/mol. The van der Waals surface area contributed by atoms with E-state index in [1.165, 1.54) is 11.3 Å². The minimum atomic E-state index is -0.138. The molecule has 3 rings (SSSR count). The molecular weight excluding hydrogens is 296 g/mol. The van der Waals surface area contributed by atoms with Crippen molar-refractivity contribution in [2.45, 2.75) is 0 Å². The summed E-state index contributed by atoms with van der Waals surface area (Å²) < 4.78 is 5.00. The highest BCUT2D eigenvalue weighted by Gasteiger charge is 2.14. The highest BCUT2D eigenvalue weighted by Crippen LogP contribution is 2.28. The van der Waals surface area contributed by atoms with Crippen LogP contribution in [0.5, 0.6) is 5.88 Å². The van der Waals surface area contributed by atoms with Crippen LogP contribution in [-0.2, 0) is 0 Å². The van der Waals surface area contributed by atoms with E-state index >= 15 is 0 Å². The minimum Gasteiger partial charge on any atom is -0.481 e. The van der Waals surface area contributed by atoms with Crippen LogP contribution in [0.1, 0.15) is 9.67 Å². The third-order valence-corrected chi connectivity index (χ3v) is 4.07. The SMILES string of the molecule is COc1ccc(NC(=O)c2sccc2-c2ccccc2)cn1. The monoisotopic (exact) mass is 310 g/mol. The van der Waals surface area contributed by atoms with Crippen molar-refractivity contribution in [1.29, 1.82) is 0 Å². The second-order valence-corrected chi connectivity index (χ2v) is 5.49. The Morgan fingerprint density at radius 3 is 2.64 bits per heavy atom. The van der Waals surface area contributed by atoms with Crippen LogP contribution in [0.3, 0.4) is 0 Å². The fourth-order valence-corrected chi connectivity index (χ4v) is 2.90. The number of methoxy groups -OCH3 is 1. The largest absolute Gasteiger partial charge is 0.481 e. The van der Waals surface area contributed by atoms with E-state index in [4.69, 9.17) is 4.74 Å². The van der Waals surface area contributed by atoms with E-state index in [1.54, 1.807) is 25.4 Å². The predicted molar refractivity (Wildman–Crippen MR) is 88.5 cm³/mol. The number of benzene rings is 1. The quantitative estimate of drug-likeness (QED) is 0.790. The first-order chi connectivity index (χ1) is 10.8. The maximum atomic E-state index is 12.5. The van der Waals surface area contributed by atoms with Gasteiger partial charge in [-0.3, -0.25) is 4.79 Å². The molecule has 3 aromatic rings. The van der Waals surface area contributed by atoms with Gasteiger partial charge in [0.2, 0.25) is 5.88 Å². The zero-order valence-corrected chi connectivity index (χ0v) is 12.8. The van der Waals surface area contributed by atoms with Crippen LogP contribution >= 0.6 is 11.3 Å². The lowest BCUT2D eigenvalue weighted by Gasteiger charge is -2.06. The van der Waals surface area contributed by atoms with E-state index in [2.05, 4.69) is 10.3 Å². The first-order valence-corrected chi connectivity index (χ1v) is 7.60. The molecule has 0 fully saturated rings. The van der Waals surface area contributed by atoms with Crippen molar-refractivity contribution in [3.05, 3.63) is 65.0 Å². The highest BCUT2D eigenvalue weighted by molar-refractivity contribution is 7.12. The van der Waals surface area contributed by atoms with Gasteiger partial charge in [0, 0.05) is 11.6 Å². The van der Waals surface area contributed by atoms with E-state index in [-0.39, 0.29) is 5.91 Å². The third kappa shape index (κ3) is 2.99. The van der Waals surface area contributed by atoms with Crippen molar-refractivity contribution in [2.75, 3.05) is 12.4 Å². The smallest absolute Gasteiger partial charge is 0.266 e. The zero-order valence-electron chi connectivity index (χ0n) is 11.9. The molecule has 1 N–H and O–H groups in total. The second kappa shape index (κ2) is 6.41. The van der Waals surface area contributed by atoms with Gasteiger partial charge in [0.25, 0.3) is 5.91 Å². The molecule has 22 heavy (non-hydrogen) atoms. The molecule has 0 spiro atoms. The van der Waals surface area contributed by atoms with Gasteiger partial charge in [-0.2, -0.15) is 0 Å². The summed E-state index contributed by atoms with van der Waals surface area (Å²) in [5.41, 5.74) is 2.60. The predicted octanol–water partition coefficient (Wildman–Crippen LogP) is 4.07. The molecule has 1 aromatic carbocycles. The Bertz CT molecular complexity index is 767. The molecule has 0 unspecified atom stereocenters. The number of carbonyl (C=O) groups excluding carboxylic acids is 1. The second-order valence-electron chi connectivity index (χ2n) is 4.57. The zero-order chi connectivity index (χ0) is 15.4. The van der Waals surface area contributed by atoms with Crippen molar-refractivity contribution in [3.63, 3.8) is 0 Å². The lowest BCUT2D eigenvalue weighted by Crippen LogP contribution is -2.11. The normalized spacial score (nSPS) is 10.2. The van der Waals surface area contributed by atoms with E-state index in [0.29, 0.717) is 16.4 Å². The lowest BCUT2D eigenvalue weighted by atomic mass is 10.1. The van der Waals surface area contributed by atoms with Gasteiger partial charge in [0.05, 0.1) is 23.9 Å². The van der Waals surface area contributed by atoms with Gasteiger partial charge in [-0.25, -0.2) is 4.98 Å². The molecule has 2 aromatic heterocycles. The molecule has 0 radical (unpaired) electrons. The summed E-state index contributed by atoms with van der Waals surface area (Å²) in [5, 5.41) is 4.78. The first kappa shape index (κ1) is 14.3. The average Bonchev–Trinajstić information content (AvgIpc) is 3.06. The minimum absolute atomic E-state index is 0.138. The summed E-state index contributed by atoms with van der Waals surface area (Å²) in [6.07, 6.45) is 1.58. The van der Waals surface area contributed by atoms with Crippen molar-refractivity contribution < 1.29 is 9.53 Å². The molecule has 4 nitrogen and oxygen atoms in total. The van der Waals surface area contributed by atoms with Gasteiger partial charge in [-0.1, -0.05) is 30.3 Å². The van der Waals surface area contributed by atoms with Gasteiger partial charge < -0.3 is 10.1 Å². The van der Waals surface area contributed by atoms with Crippen molar-refractivity contribution >= 4 is 22.9 Å². The van der Waals surface area contributed by atoms with Crippen LogP contribution in [0.25, 0.3) is 11.1 Å². The van der Waals surface area contributed by atoms with Crippen LogP contribution in [0, 0.1) is 0 Å². The molecule has 0 aliphatic carbocycles. The van der Waals surface area contributed by atoms with E-state index in [9.17, 15) is 4.79 Å². The fraction of sp³-hybridized carbons (Fsp3) is 0.0588. The molecule has 0 aliphatic rings. The molecular formula is C17H14N2O2S. The topological polar surface area (TPSA) is 51.2 Å². The van der Waals surface area contributed by atoms with Gasteiger partial charge in [0.1, 0.15) is 0 Å². The first-order valence-electron chi connectivity index (χ1n) is 6.72. The number of ether oxygens (including phenoxy) is 1. The number of nitrogens with one attached hydrogen (secondary N) is 1. The molecule has 110 valence electrons. The number of carbonyl (C=O) groups is 1. The summed E-state index contributed by atoms with van der Waals surface area (Å²) in [4.78, 5) is 17.2. The number of nitrogens with zero attached hydrogens (tertiary/aromatic N) is 1. The number of hydrogen-bond donors (Lipinski definition) is 1. The molecule has 5 heteroatoms. The Morgan fingerprint density at radius 1 is 1.14 bits per heavy atom. The Kier molecular flexibility index (Phi) is 4.16. The van der Waals surface area contributed by atoms with Crippen LogP contribution in [0.2, 0.25) is 0 Å². The number of thiophene rings is 1. The van der Waals surface area contributed by atoms with Gasteiger partial charge in [-0.05, 0) is 23.1 Å². The van der Waals surface area contributed by atoms with Crippen LogP contribution in [0.4, 0.5) is 5.69 Å². The number of aromatic nitrogens is 1. The van der Waals surface area contributed by atoms with Crippen molar-refractivity contribution in [1.82, 2.24) is 4.98 Å². The Morgan fingerprint density at radius 2 is 1.95 bits per heavy atom. The van der Waals surface area contributed by atoms with Crippen molar-refractivity contribution in [2.24, 2.45) is 0 Å². The summed E-state index contributed by atoms with van der Waals surface area (Å²) in [6.45, 7) is 0. The number of rotatable bonds is 4. The van der Waals surface area contributed by atoms with Gasteiger partial charge in [-0.15, -0.1) is 11.3 Å². The Hall–Kier alpha value is -2.66. The fourth-order valence-electron chi connectivity index (χ4n) is 2.09. The number of anilines is 1. The summed E-state index contributed by atoms with van der Waals surface area (Å²) in [7, 11) is 1.55. The van der Waals surface area contributed by atoms with E-state index in [0.717, 1.165) is 11.1 Å². The van der Waals surface area contributed by atoms with E-state index < -0.39 is 0 Å². The van der Waals surface area contributed by atoms with Crippen molar-refractivity contribution in [3.8, 4) is 17.0 Å². The molecule has 1 amide bonds. The summed E-state index contributed by atoms with van der Waals surface area (Å²) in [5.74, 6) is 0.375. The molecule has 0 saturated heterocycles. The van der Waals surface area contributed by atoms with Crippen LogP contribution in [-0.4, -0.2) is 18.0 Å². The highest BCUT2D eigenvalue weighted by atomic mass is 32.1. The van der Waals surface area contributed by atoms with Crippen LogP contribution in [0.15, 0.2) is 60.1 Å². The summed E-state index contributed by atoms with van der Waals surface area (Å²) >= 11 is 1.42. The molecule has 2 heterocycles. The number of pyridine rings is 1. The molecule has 0 atom stereocenters. The maximum absolute atomic E-state index is 12.5. The van der Waals surface area contributed by atoms with Gasteiger partial charge >= 0.3 is 0 Å². The molecule has 0 aliphatic heterocycles. The Balaban J connectivity index is 1.82. The number of hydrogen-bond acceptors (Lipinski definition) is 4. The van der Waals surface area contributed by atoms with Gasteiger partial charge in [0.15, 0.2) is 0 Å². The van der Waals surface area contributed by atoms with Crippen LogP contribution < -0.4 is 10.1 Å². The lowest BCUT2D eigenvalue weighted by molar-refractivity contribution is 0.103.